The first kappa shape index (κ1) is 63.8. The summed E-state index contributed by atoms with van der Waals surface area (Å²) in [5, 5.41) is 84.6. The Balaban J connectivity index is 1.80. The van der Waals surface area contributed by atoms with E-state index in [4.69, 9.17) is 16.2 Å². The van der Waals surface area contributed by atoms with Gasteiger partial charge in [-0.25, -0.2) is 14.4 Å². The number of fused-ring (bicyclic) bond motifs is 3. The smallest absolute Gasteiger partial charge is 0.335 e. The van der Waals surface area contributed by atoms with Crippen LogP contribution in [0.5, 0.6) is 0 Å². The van der Waals surface area contributed by atoms with Gasteiger partial charge in [0.2, 0.25) is 47.3 Å². The Hall–Kier alpha value is -6.76. The molecule has 0 spiro atoms. The topological polar surface area (TPSA) is 473 Å². The molecule has 0 bridgehead atoms. The van der Waals surface area contributed by atoms with Gasteiger partial charge in [-0.2, -0.15) is 0 Å². The number of unbranched alkanes of at least 4 members (excludes halogenated alkanes) is 3. The third-order valence-corrected chi connectivity index (χ3v) is 14.0. The lowest BCUT2D eigenvalue weighted by atomic mass is 10.0. The van der Waals surface area contributed by atoms with Gasteiger partial charge >= 0.3 is 17.9 Å². The second-order valence-corrected chi connectivity index (χ2v) is 20.4. The number of cyclic esters (lactones) is 1. The van der Waals surface area contributed by atoms with Crippen molar-refractivity contribution in [2.45, 2.75) is 190 Å². The van der Waals surface area contributed by atoms with E-state index in [0.717, 1.165) is 24.2 Å². The highest BCUT2D eigenvalue weighted by atomic mass is 16.5. The first-order valence-corrected chi connectivity index (χ1v) is 26.3. The summed E-state index contributed by atoms with van der Waals surface area (Å²) in [5.41, 5.74) is 10.9. The molecule has 0 saturated carbocycles. The number of aliphatic carboxylic acids is 2. The van der Waals surface area contributed by atoms with E-state index in [1.165, 1.54) is 11.8 Å². The van der Waals surface area contributed by atoms with E-state index in [1.54, 1.807) is 0 Å². The minimum absolute atomic E-state index is 0.00810. The standard InChI is InChI=1S/C48H77N11O19/c1-23(2)11-6-4-5-7-12-25-21-31(63)54-32(24(3)61)44(72)58-19-10-15-29(58)43(71)57-18-9-14-28(57)39(67)52-26(13-8-17-51-48(49)50)38(66)55-33(36(64)45(73)74)40(68)53-27(22-60)42(70)59-20-16-30(62)35(59)41(69)56-34(47(77)78-25)37(65)46(75)76/h23-30,32-37,60-62,64-65H,4-22H2,1-3H3,(H,52,67)(H,53,68)(H,54,63)(H,55,66)(H,56,69)(H,73,74)(H,75,76)(H4,49,50,51)/t24-,25?,26+,27+,28+,29+,30?,32+,33?,34+,35+,36?,37?/m1/s1. The Morgan fingerprint density at radius 1 is 0.641 bits per heavy atom. The molecule has 13 atom stereocenters. The molecule has 4 rings (SSSR count). The zero-order valence-electron chi connectivity index (χ0n) is 44.0. The number of rotatable bonds is 17. The maximum Gasteiger partial charge on any atom is 0.335 e. The van der Waals surface area contributed by atoms with Gasteiger partial charge < -0.3 is 93.2 Å². The van der Waals surface area contributed by atoms with E-state index in [-0.39, 0.29) is 77.0 Å². The van der Waals surface area contributed by atoms with Crippen LogP contribution in [0.15, 0.2) is 4.99 Å². The number of nitrogens with zero attached hydrogens (tertiary/aromatic N) is 4. The number of guanidine groups is 1. The molecule has 0 aromatic heterocycles. The highest BCUT2D eigenvalue weighted by Gasteiger charge is 2.48. The first-order chi connectivity index (χ1) is 36.8. The summed E-state index contributed by atoms with van der Waals surface area (Å²) in [6.45, 7) is 3.40. The number of aliphatic hydroxyl groups excluding tert-OH is 5. The molecule has 0 radical (unpaired) electrons. The molecular weight excluding hydrogens is 1030 g/mol. The molecule has 30 heteroatoms. The lowest BCUT2D eigenvalue weighted by Gasteiger charge is -2.34. The summed E-state index contributed by atoms with van der Waals surface area (Å²) in [6.07, 6.45) is -7.62. The lowest BCUT2D eigenvalue weighted by molar-refractivity contribution is -0.165. The van der Waals surface area contributed by atoms with Gasteiger partial charge in [0, 0.05) is 26.2 Å². The predicted octanol–water partition coefficient (Wildman–Crippen LogP) is -6.02. The van der Waals surface area contributed by atoms with Crippen molar-refractivity contribution >= 4 is 71.1 Å². The number of esters is 1. The fourth-order valence-corrected chi connectivity index (χ4v) is 9.87. The normalized spacial score (nSPS) is 28.8. The molecule has 438 valence electrons. The van der Waals surface area contributed by atoms with E-state index in [1.807, 2.05) is 10.6 Å². The van der Waals surface area contributed by atoms with Crippen molar-refractivity contribution < 1.29 is 93.2 Å². The monoisotopic (exact) mass is 1110 g/mol. The number of hydrogen-bond acceptors (Lipinski definition) is 18. The van der Waals surface area contributed by atoms with Crippen molar-refractivity contribution in [2.24, 2.45) is 22.4 Å². The maximum absolute atomic E-state index is 14.4. The number of amides is 8. The van der Waals surface area contributed by atoms with Crippen LogP contribution in [0, 0.1) is 5.92 Å². The van der Waals surface area contributed by atoms with Crippen molar-refractivity contribution in [1.82, 2.24) is 41.3 Å². The molecule has 78 heavy (non-hydrogen) atoms. The van der Waals surface area contributed by atoms with Crippen LogP contribution in [-0.4, -0.2) is 233 Å². The SMILES string of the molecule is CC(C)CCCCCCC1CC(=O)N[C@@H]([C@@H](C)O)C(=O)N2CCC[C@H]2C(=O)N2CCC[C@H]2C(=O)N[C@@H](CCCN=C(N)N)C(=O)NC(C(O)C(=O)O)C(=O)N[C@@H](CO)C(=O)N2CCC(O)[C@H]2C(=O)N[C@@H](C(O)C(=O)O)C(=O)O1. The van der Waals surface area contributed by atoms with Crippen molar-refractivity contribution in [2.75, 3.05) is 32.8 Å². The molecule has 4 saturated heterocycles. The number of carboxylic acids is 2. The second-order valence-electron chi connectivity index (χ2n) is 20.4. The van der Waals surface area contributed by atoms with Crippen molar-refractivity contribution in [3.8, 4) is 0 Å². The van der Waals surface area contributed by atoms with Gasteiger partial charge in [0.1, 0.15) is 48.4 Å². The third kappa shape index (κ3) is 17.4. The lowest BCUT2D eigenvalue weighted by Crippen LogP contribution is -2.64. The van der Waals surface area contributed by atoms with Crippen LogP contribution in [0.2, 0.25) is 0 Å². The van der Waals surface area contributed by atoms with Gasteiger partial charge in [-0.1, -0.05) is 39.5 Å². The molecule has 4 fully saturated rings. The van der Waals surface area contributed by atoms with Gasteiger partial charge in [0.05, 0.1) is 25.2 Å². The largest absolute Gasteiger partial charge is 0.479 e. The number of ether oxygens (including phenoxy) is 1. The fraction of sp³-hybridized carbons (Fsp3) is 0.750. The Morgan fingerprint density at radius 3 is 1.83 bits per heavy atom. The summed E-state index contributed by atoms with van der Waals surface area (Å²) in [6, 6.07) is -14.9. The molecule has 0 aliphatic carbocycles. The van der Waals surface area contributed by atoms with Crippen LogP contribution in [0.25, 0.3) is 0 Å². The van der Waals surface area contributed by atoms with Crippen LogP contribution in [0.4, 0.5) is 0 Å². The molecule has 8 amide bonds. The highest BCUT2D eigenvalue weighted by Crippen LogP contribution is 2.27. The summed E-state index contributed by atoms with van der Waals surface area (Å²) < 4.78 is 5.62. The number of hydrogen-bond donors (Lipinski definition) is 14. The number of carboxylic acid groups (broad SMARTS) is 2. The summed E-state index contributed by atoms with van der Waals surface area (Å²) in [4.78, 5) is 158. The Morgan fingerprint density at radius 2 is 1.23 bits per heavy atom. The van der Waals surface area contributed by atoms with Crippen molar-refractivity contribution in [3.05, 3.63) is 0 Å². The second kappa shape index (κ2) is 29.8. The first-order valence-electron chi connectivity index (χ1n) is 26.3. The van der Waals surface area contributed by atoms with E-state index in [2.05, 4.69) is 34.8 Å². The zero-order chi connectivity index (χ0) is 58.1. The average molecular weight is 1110 g/mol. The minimum Gasteiger partial charge on any atom is -0.479 e. The molecular formula is C48H77N11O19. The van der Waals surface area contributed by atoms with Crippen LogP contribution in [-0.2, 0) is 57.5 Å². The Bertz CT molecular complexity index is 2210. The third-order valence-electron chi connectivity index (χ3n) is 14.0. The molecule has 4 heterocycles. The number of nitrogens with two attached hydrogens (primary N) is 2. The number of nitrogens with one attached hydrogen (secondary N) is 5. The summed E-state index contributed by atoms with van der Waals surface area (Å²) >= 11 is 0. The van der Waals surface area contributed by atoms with E-state index < -0.39 is 164 Å². The fourth-order valence-electron chi connectivity index (χ4n) is 9.87. The molecule has 16 N–H and O–H groups in total. The Kier molecular flexibility index (Phi) is 24.4. The van der Waals surface area contributed by atoms with Crippen LogP contribution in [0.1, 0.15) is 111 Å². The van der Waals surface area contributed by atoms with Gasteiger partial charge in [-0.15, -0.1) is 0 Å². The predicted molar refractivity (Wildman–Crippen MR) is 268 cm³/mol. The van der Waals surface area contributed by atoms with Gasteiger partial charge in [0.25, 0.3) is 0 Å². The zero-order valence-corrected chi connectivity index (χ0v) is 44.0. The van der Waals surface area contributed by atoms with Gasteiger partial charge in [-0.3, -0.25) is 43.3 Å². The van der Waals surface area contributed by atoms with Gasteiger partial charge in [0.15, 0.2) is 24.2 Å². The average Bonchev–Trinajstić information content (AvgIpc) is 4.18. The van der Waals surface area contributed by atoms with Crippen LogP contribution in [0.3, 0.4) is 0 Å². The molecule has 30 nitrogen and oxygen atoms in total. The van der Waals surface area contributed by atoms with Crippen molar-refractivity contribution in [3.63, 3.8) is 0 Å². The Labute approximate surface area is 449 Å². The molecule has 5 unspecified atom stereocenters. The highest BCUT2D eigenvalue weighted by molar-refractivity contribution is 6.00. The van der Waals surface area contributed by atoms with Crippen molar-refractivity contribution in [1.29, 1.82) is 0 Å². The van der Waals surface area contributed by atoms with E-state index >= 15 is 0 Å². The van der Waals surface area contributed by atoms with Gasteiger partial charge in [-0.05, 0) is 70.6 Å². The van der Waals surface area contributed by atoms with E-state index in [9.17, 15) is 88.5 Å². The summed E-state index contributed by atoms with van der Waals surface area (Å²) in [5.74, 6) is -14.7. The summed E-state index contributed by atoms with van der Waals surface area (Å²) in [7, 11) is 0. The number of aliphatic imine (C=N–C) groups is 1. The quantitative estimate of drug-likeness (QED) is 0.0279. The molecule has 0 aromatic rings. The number of carbonyl (C=O) groups excluding carboxylic acids is 9. The molecule has 4 aliphatic rings. The maximum atomic E-state index is 14.4. The van der Waals surface area contributed by atoms with Crippen LogP contribution < -0.4 is 38.1 Å². The minimum atomic E-state index is -2.76. The number of aliphatic hydroxyl groups is 5. The molecule has 0 aromatic carbocycles. The number of carbonyl (C=O) groups is 11. The molecule has 4 aliphatic heterocycles. The van der Waals surface area contributed by atoms with E-state index in [0.29, 0.717) is 23.7 Å². The van der Waals surface area contributed by atoms with Crippen LogP contribution >= 0.6 is 0 Å².